The fraction of sp³-hybridized carbons (Fsp3) is 0. The summed E-state index contributed by atoms with van der Waals surface area (Å²) in [4.78, 5) is 8.57. The molecule has 0 spiro atoms. The molecule has 0 amide bonds. The first-order chi connectivity index (χ1) is 12.6. The zero-order valence-electron chi connectivity index (χ0n) is 13.4. The first kappa shape index (κ1) is 16.9. The van der Waals surface area contributed by atoms with Crippen LogP contribution in [0.25, 0.3) is 44.0 Å². The third kappa shape index (κ3) is 2.75. The van der Waals surface area contributed by atoms with Crippen LogP contribution >= 0.6 is 61.1 Å². The topological polar surface area (TPSA) is 28.7 Å². The molecular weight excluding hydrogens is 614 g/mol. The van der Waals surface area contributed by atoms with Gasteiger partial charge in [-0.2, -0.15) is 0 Å². The lowest BCUT2D eigenvalue weighted by atomic mass is 10.0. The van der Waals surface area contributed by atoms with Crippen LogP contribution in [0.4, 0.5) is 0 Å². The van der Waals surface area contributed by atoms with Gasteiger partial charge >= 0.3 is 0 Å². The minimum Gasteiger partial charge on any atom is -0.337 e. The predicted molar refractivity (Wildman–Crippen MR) is 130 cm³/mol. The van der Waals surface area contributed by atoms with E-state index in [9.17, 15) is 0 Å². The molecule has 1 heterocycles. The van der Waals surface area contributed by atoms with Gasteiger partial charge in [0.05, 0.1) is 11.0 Å². The zero-order chi connectivity index (χ0) is 17.8. The van der Waals surface area contributed by atoms with Crippen LogP contribution in [0.5, 0.6) is 0 Å². The van der Waals surface area contributed by atoms with Crippen molar-refractivity contribution in [1.82, 2.24) is 9.97 Å². The lowest BCUT2D eigenvalue weighted by Crippen LogP contribution is -1.84. The van der Waals surface area contributed by atoms with E-state index in [-0.39, 0.29) is 0 Å². The Balaban J connectivity index is 1.95. The van der Waals surface area contributed by atoms with E-state index in [1.54, 1.807) is 0 Å². The van der Waals surface area contributed by atoms with Crippen molar-refractivity contribution in [3.05, 3.63) is 72.3 Å². The minimum absolute atomic E-state index is 0.902. The Labute approximate surface area is 185 Å². The zero-order valence-corrected chi connectivity index (χ0v) is 19.3. The fourth-order valence-corrected chi connectivity index (χ4v) is 4.66. The lowest BCUT2D eigenvalue weighted by Gasteiger charge is -2.07. The van der Waals surface area contributed by atoms with Crippen LogP contribution in [-0.4, -0.2) is 9.97 Å². The van der Waals surface area contributed by atoms with Crippen molar-refractivity contribution in [3.63, 3.8) is 0 Å². The van der Waals surface area contributed by atoms with E-state index in [0.29, 0.717) is 0 Å². The largest absolute Gasteiger partial charge is 0.337 e. The summed E-state index contributed by atoms with van der Waals surface area (Å²) >= 11 is 8.24. The molecule has 0 fully saturated rings. The molecule has 2 nitrogen and oxygen atoms in total. The van der Waals surface area contributed by atoms with Crippen LogP contribution in [0.3, 0.4) is 0 Å². The van der Waals surface area contributed by atoms with Gasteiger partial charge in [0.1, 0.15) is 5.82 Å². The Kier molecular flexibility index (Phi) is 4.21. The predicted octanol–water partition coefficient (Wildman–Crippen LogP) is 7.51. The molecule has 5 aromatic rings. The highest BCUT2D eigenvalue weighted by molar-refractivity contribution is 14.1. The molecule has 0 aliphatic carbocycles. The average molecular weight is 625 g/mol. The van der Waals surface area contributed by atoms with Crippen molar-refractivity contribution >= 4 is 93.7 Å². The van der Waals surface area contributed by atoms with Crippen molar-refractivity contribution in [2.24, 2.45) is 0 Å². The molecule has 0 aliphatic heterocycles. The Morgan fingerprint density at radius 1 is 0.731 bits per heavy atom. The standard InChI is InChI=1S/C21H11BrI2N2/c22-12-3-1-11(2-4-12)21-25-19-17-9-13(23)5-7-15(17)16-8-6-14(24)10-18(16)20(19)26-21/h1-10H,(H,25,26). The number of benzene rings is 4. The second-order valence-corrected chi connectivity index (χ2v) is 9.60. The molecule has 0 atom stereocenters. The molecule has 1 N–H and O–H groups in total. The molecule has 26 heavy (non-hydrogen) atoms. The maximum atomic E-state index is 4.99. The average Bonchev–Trinajstić information content (AvgIpc) is 3.08. The van der Waals surface area contributed by atoms with Gasteiger partial charge < -0.3 is 4.98 Å². The highest BCUT2D eigenvalue weighted by atomic mass is 127. The van der Waals surface area contributed by atoms with E-state index in [1.807, 2.05) is 12.1 Å². The normalized spacial score (nSPS) is 11.7. The molecule has 5 rings (SSSR count). The van der Waals surface area contributed by atoms with Crippen molar-refractivity contribution < 1.29 is 0 Å². The Bertz CT molecular complexity index is 1230. The van der Waals surface area contributed by atoms with Crippen molar-refractivity contribution in [1.29, 1.82) is 0 Å². The number of H-pyrrole nitrogens is 1. The summed E-state index contributed by atoms with van der Waals surface area (Å²) in [6.45, 7) is 0. The fourth-order valence-electron chi connectivity index (χ4n) is 3.41. The van der Waals surface area contributed by atoms with Crippen molar-refractivity contribution in [2.75, 3.05) is 0 Å². The molecule has 126 valence electrons. The number of fused-ring (bicyclic) bond motifs is 6. The van der Waals surface area contributed by atoms with E-state index in [0.717, 1.165) is 26.9 Å². The van der Waals surface area contributed by atoms with Gasteiger partial charge in [0, 0.05) is 27.9 Å². The molecule has 0 saturated carbocycles. The van der Waals surface area contributed by atoms with Gasteiger partial charge in [0.2, 0.25) is 0 Å². The van der Waals surface area contributed by atoms with E-state index in [1.165, 1.54) is 28.7 Å². The van der Waals surface area contributed by atoms with Crippen LogP contribution in [0.2, 0.25) is 0 Å². The highest BCUT2D eigenvalue weighted by Crippen LogP contribution is 2.36. The maximum absolute atomic E-state index is 4.99. The monoisotopic (exact) mass is 624 g/mol. The number of hydrogen-bond donors (Lipinski definition) is 1. The van der Waals surface area contributed by atoms with Gasteiger partial charge in [-0.25, -0.2) is 4.98 Å². The number of rotatable bonds is 1. The first-order valence-corrected chi connectivity index (χ1v) is 11.0. The minimum atomic E-state index is 0.902. The van der Waals surface area contributed by atoms with Crippen molar-refractivity contribution in [3.8, 4) is 11.4 Å². The number of aromatic nitrogens is 2. The number of halogens is 3. The summed E-state index contributed by atoms with van der Waals surface area (Å²) in [5, 5.41) is 4.92. The SMILES string of the molecule is Brc1ccc(-c2nc3c4cc(I)ccc4c4ccc(I)cc4c3[nH]2)cc1. The van der Waals surface area contributed by atoms with Crippen LogP contribution in [0.1, 0.15) is 0 Å². The third-order valence-electron chi connectivity index (χ3n) is 4.60. The summed E-state index contributed by atoms with van der Waals surface area (Å²) in [6, 6.07) is 21.5. The second kappa shape index (κ2) is 6.45. The van der Waals surface area contributed by atoms with E-state index in [4.69, 9.17) is 4.98 Å². The van der Waals surface area contributed by atoms with E-state index >= 15 is 0 Å². The summed E-state index contributed by atoms with van der Waals surface area (Å²) in [6.07, 6.45) is 0. The molecule has 0 radical (unpaired) electrons. The smallest absolute Gasteiger partial charge is 0.138 e. The van der Waals surface area contributed by atoms with Gasteiger partial charge in [0.15, 0.2) is 0 Å². The third-order valence-corrected chi connectivity index (χ3v) is 6.47. The van der Waals surface area contributed by atoms with Crippen molar-refractivity contribution in [2.45, 2.75) is 0 Å². The summed E-state index contributed by atoms with van der Waals surface area (Å²) < 4.78 is 3.51. The van der Waals surface area contributed by atoms with Crippen LogP contribution < -0.4 is 0 Å². The quantitative estimate of drug-likeness (QED) is 0.152. The van der Waals surface area contributed by atoms with Gasteiger partial charge in [-0.1, -0.05) is 40.2 Å². The summed E-state index contributed by atoms with van der Waals surface area (Å²) in [5.41, 5.74) is 3.22. The van der Waals surface area contributed by atoms with E-state index < -0.39 is 0 Å². The molecule has 0 aliphatic rings. The summed E-state index contributed by atoms with van der Waals surface area (Å²) in [5.74, 6) is 0.902. The van der Waals surface area contributed by atoms with Gasteiger partial charge in [0.25, 0.3) is 0 Å². The summed E-state index contributed by atoms with van der Waals surface area (Å²) in [7, 11) is 0. The maximum Gasteiger partial charge on any atom is 0.138 e. The number of imidazole rings is 1. The van der Waals surface area contributed by atoms with Gasteiger partial charge in [-0.05, 0) is 92.4 Å². The molecular formula is C21H11BrI2N2. The Morgan fingerprint density at radius 3 is 2.04 bits per heavy atom. The number of aromatic amines is 1. The van der Waals surface area contributed by atoms with Gasteiger partial charge in [-0.3, -0.25) is 0 Å². The first-order valence-electron chi connectivity index (χ1n) is 8.06. The lowest BCUT2D eigenvalue weighted by molar-refractivity contribution is 1.34. The highest BCUT2D eigenvalue weighted by Gasteiger charge is 2.14. The molecule has 0 saturated heterocycles. The van der Waals surface area contributed by atoms with Crippen LogP contribution in [0, 0.1) is 7.14 Å². The second-order valence-electron chi connectivity index (χ2n) is 6.20. The Hall–Kier alpha value is -1.19. The molecule has 0 bridgehead atoms. The number of hydrogen-bond acceptors (Lipinski definition) is 1. The number of nitrogens with one attached hydrogen (secondary N) is 1. The molecule has 1 aromatic heterocycles. The molecule has 4 aromatic carbocycles. The molecule has 0 unspecified atom stereocenters. The number of nitrogens with zero attached hydrogens (tertiary/aromatic N) is 1. The van der Waals surface area contributed by atoms with Crippen LogP contribution in [0.15, 0.2) is 65.1 Å². The Morgan fingerprint density at radius 2 is 1.35 bits per heavy atom. The van der Waals surface area contributed by atoms with Crippen LogP contribution in [-0.2, 0) is 0 Å². The molecule has 5 heteroatoms. The van der Waals surface area contributed by atoms with E-state index in [2.05, 4.69) is 115 Å². The van der Waals surface area contributed by atoms with Gasteiger partial charge in [-0.15, -0.1) is 0 Å².